The number of benzene rings is 2. The fourth-order valence-electron chi connectivity index (χ4n) is 7.98. The summed E-state index contributed by atoms with van der Waals surface area (Å²) in [4.78, 5) is 43.3. The third-order valence-electron chi connectivity index (χ3n) is 11.1. The number of amides is 2. The number of likely N-dealkylation sites (N-methyl/N-ethyl adjacent to an activating group) is 1. The van der Waals surface area contributed by atoms with Crippen LogP contribution in [0.5, 0.6) is 5.75 Å². The summed E-state index contributed by atoms with van der Waals surface area (Å²) >= 11 is 0. The summed E-state index contributed by atoms with van der Waals surface area (Å²) < 4.78 is 5.74. The van der Waals surface area contributed by atoms with E-state index in [0.717, 1.165) is 37.2 Å². The predicted molar refractivity (Wildman–Crippen MR) is 200 cm³/mol. The first-order valence-corrected chi connectivity index (χ1v) is 18.7. The highest BCUT2D eigenvalue weighted by Crippen LogP contribution is 2.37. The molecule has 2 aliphatic carbocycles. The maximum absolute atomic E-state index is 13.4. The SMILES string of the molecule is CCC1C(=O)N(C)c2cnc(Nc3ccc(C(=O)NC4CCC(N5CCN(CC6CC6)CC5)CC4)cc3OC)nc2N1N(C)Cc1ccccc1. The molecule has 0 radical (unpaired) electrons. The van der Waals surface area contributed by atoms with Gasteiger partial charge in [-0.2, -0.15) is 4.98 Å². The molecule has 4 aliphatic rings. The zero-order valence-electron chi connectivity index (χ0n) is 30.6. The van der Waals surface area contributed by atoms with Crippen LogP contribution in [0.25, 0.3) is 0 Å². The van der Waals surface area contributed by atoms with E-state index in [4.69, 9.17) is 9.72 Å². The first-order valence-electron chi connectivity index (χ1n) is 18.7. The van der Waals surface area contributed by atoms with Crippen molar-refractivity contribution in [1.29, 1.82) is 0 Å². The molecule has 12 heteroatoms. The molecule has 1 saturated heterocycles. The summed E-state index contributed by atoms with van der Waals surface area (Å²) in [5, 5.41) is 10.6. The van der Waals surface area contributed by atoms with Crippen LogP contribution in [0.4, 0.5) is 23.1 Å². The molecule has 12 nitrogen and oxygen atoms in total. The minimum absolute atomic E-state index is 0.00440. The number of anilines is 4. The van der Waals surface area contributed by atoms with E-state index in [1.165, 1.54) is 45.6 Å². The van der Waals surface area contributed by atoms with Crippen LogP contribution >= 0.6 is 0 Å². The summed E-state index contributed by atoms with van der Waals surface area (Å²) in [6.07, 6.45) is 9.39. The molecule has 51 heavy (non-hydrogen) atoms. The van der Waals surface area contributed by atoms with Crippen molar-refractivity contribution in [2.24, 2.45) is 5.92 Å². The molecule has 2 saturated carbocycles. The highest BCUT2D eigenvalue weighted by molar-refractivity contribution is 6.04. The van der Waals surface area contributed by atoms with Gasteiger partial charge < -0.3 is 25.2 Å². The van der Waals surface area contributed by atoms with Gasteiger partial charge in [0.05, 0.1) is 19.0 Å². The molecule has 3 aromatic rings. The number of piperazine rings is 1. The van der Waals surface area contributed by atoms with E-state index in [2.05, 4.69) is 37.6 Å². The zero-order chi connectivity index (χ0) is 35.5. The first-order chi connectivity index (χ1) is 24.8. The Morgan fingerprint density at radius 1 is 1.00 bits per heavy atom. The lowest BCUT2D eigenvalue weighted by molar-refractivity contribution is -0.120. The number of carbonyl (C=O) groups excluding carboxylic acids is 2. The van der Waals surface area contributed by atoms with E-state index in [1.54, 1.807) is 31.3 Å². The van der Waals surface area contributed by atoms with Gasteiger partial charge >= 0.3 is 0 Å². The van der Waals surface area contributed by atoms with E-state index in [9.17, 15) is 9.59 Å². The highest BCUT2D eigenvalue weighted by Gasteiger charge is 2.39. The molecule has 3 heterocycles. The number of hydrazine groups is 1. The minimum atomic E-state index is -0.409. The third kappa shape index (κ3) is 7.98. The van der Waals surface area contributed by atoms with Gasteiger partial charge in [0.2, 0.25) is 5.95 Å². The number of fused-ring (bicyclic) bond motifs is 1. The van der Waals surface area contributed by atoms with Crippen molar-refractivity contribution in [1.82, 2.24) is 30.1 Å². The van der Waals surface area contributed by atoms with Crippen molar-refractivity contribution in [2.75, 3.05) is 69.2 Å². The smallest absolute Gasteiger partial charge is 0.251 e. The van der Waals surface area contributed by atoms with Crippen molar-refractivity contribution in [3.63, 3.8) is 0 Å². The van der Waals surface area contributed by atoms with Gasteiger partial charge in [-0.05, 0) is 74.6 Å². The lowest BCUT2D eigenvalue weighted by Crippen LogP contribution is -2.57. The molecule has 272 valence electrons. The van der Waals surface area contributed by atoms with Gasteiger partial charge in [0.15, 0.2) is 5.82 Å². The van der Waals surface area contributed by atoms with Crippen molar-refractivity contribution in [3.8, 4) is 5.75 Å². The second-order valence-corrected chi connectivity index (χ2v) is 14.7. The lowest BCUT2D eigenvalue weighted by Gasteiger charge is -2.44. The number of hydrogen-bond acceptors (Lipinski definition) is 10. The molecular weight excluding hydrogens is 642 g/mol. The first kappa shape index (κ1) is 35.2. The monoisotopic (exact) mass is 695 g/mol. The number of ether oxygens (including phenoxy) is 1. The molecule has 2 N–H and O–H groups in total. The van der Waals surface area contributed by atoms with Crippen LogP contribution in [-0.4, -0.2) is 109 Å². The topological polar surface area (TPSA) is 109 Å². The second-order valence-electron chi connectivity index (χ2n) is 14.7. The van der Waals surface area contributed by atoms with Gasteiger partial charge in [-0.3, -0.25) is 19.5 Å². The maximum atomic E-state index is 13.4. The molecule has 0 bridgehead atoms. The normalized spacial score (nSPS) is 22.9. The predicted octanol–water partition coefficient (Wildman–Crippen LogP) is 4.91. The number of aromatic nitrogens is 2. The molecule has 7 rings (SSSR count). The molecular formula is C39H53N9O3. The van der Waals surface area contributed by atoms with Crippen LogP contribution in [0, 0.1) is 5.92 Å². The summed E-state index contributed by atoms with van der Waals surface area (Å²) in [5.41, 5.74) is 2.96. The van der Waals surface area contributed by atoms with E-state index in [1.807, 2.05) is 54.3 Å². The van der Waals surface area contributed by atoms with E-state index in [0.29, 0.717) is 53.5 Å². The average Bonchev–Trinajstić information content (AvgIpc) is 3.98. The zero-order valence-corrected chi connectivity index (χ0v) is 30.6. The molecule has 2 aliphatic heterocycles. The standard InChI is InChI=1S/C39H53N9O3/c1-5-33-38(50)45(3)34-24-40-39(43-36(34)48(33)44(2)25-27-9-7-6-8-10-27)42-32-18-13-29(23-35(32)51-4)37(49)41-30-14-16-31(17-15-30)47-21-19-46(20-22-47)26-28-11-12-28/h6-10,13,18,23-24,28,30-31,33H,5,11-12,14-17,19-22,25-26H2,1-4H3,(H,41,49)(H,40,42,43). The fraction of sp³-hybridized carbons (Fsp3) is 0.538. The lowest BCUT2D eigenvalue weighted by atomic mass is 9.89. The van der Waals surface area contributed by atoms with Crippen LogP contribution < -0.4 is 25.3 Å². The molecule has 3 fully saturated rings. The Morgan fingerprint density at radius 2 is 1.75 bits per heavy atom. The quantitative estimate of drug-likeness (QED) is 0.272. The molecule has 1 aromatic heterocycles. The van der Waals surface area contributed by atoms with Gasteiger partial charge in [-0.1, -0.05) is 37.3 Å². The molecule has 1 atom stereocenters. The minimum Gasteiger partial charge on any atom is -0.495 e. The number of methoxy groups -OCH3 is 1. The van der Waals surface area contributed by atoms with E-state index in [-0.39, 0.29) is 17.9 Å². The van der Waals surface area contributed by atoms with Gasteiger partial charge in [0.1, 0.15) is 17.5 Å². The molecule has 2 amide bonds. The van der Waals surface area contributed by atoms with Gasteiger partial charge in [-0.15, -0.1) is 0 Å². The second kappa shape index (κ2) is 15.5. The summed E-state index contributed by atoms with van der Waals surface area (Å²) in [7, 11) is 5.34. The Kier molecular flexibility index (Phi) is 10.7. The number of nitrogens with one attached hydrogen (secondary N) is 2. The Labute approximate surface area is 302 Å². The van der Waals surface area contributed by atoms with Gasteiger partial charge in [-0.25, -0.2) is 9.99 Å². The average molecular weight is 696 g/mol. The van der Waals surface area contributed by atoms with Crippen molar-refractivity contribution >= 4 is 35.0 Å². The number of carbonyl (C=O) groups is 2. The van der Waals surface area contributed by atoms with Crippen LogP contribution in [0.3, 0.4) is 0 Å². The van der Waals surface area contributed by atoms with Crippen molar-refractivity contribution < 1.29 is 14.3 Å². The van der Waals surface area contributed by atoms with Crippen LogP contribution in [0.1, 0.15) is 67.8 Å². The molecule has 0 spiro atoms. The van der Waals surface area contributed by atoms with Gasteiger partial charge in [0, 0.05) is 71.0 Å². The van der Waals surface area contributed by atoms with Gasteiger partial charge in [0.25, 0.3) is 11.8 Å². The largest absolute Gasteiger partial charge is 0.495 e. The number of hydrogen-bond donors (Lipinski definition) is 2. The van der Waals surface area contributed by atoms with E-state index >= 15 is 0 Å². The summed E-state index contributed by atoms with van der Waals surface area (Å²) in [6.45, 7) is 8.65. The molecule has 1 unspecified atom stereocenters. The fourth-order valence-corrected chi connectivity index (χ4v) is 7.98. The van der Waals surface area contributed by atoms with Crippen LogP contribution in [0.15, 0.2) is 54.7 Å². The molecule has 2 aromatic carbocycles. The Balaban J connectivity index is 0.990. The highest BCUT2D eigenvalue weighted by atomic mass is 16.5. The third-order valence-corrected chi connectivity index (χ3v) is 11.1. The summed E-state index contributed by atoms with van der Waals surface area (Å²) in [5.74, 6) is 2.39. The van der Waals surface area contributed by atoms with Crippen LogP contribution in [-0.2, 0) is 11.3 Å². The van der Waals surface area contributed by atoms with Crippen molar-refractivity contribution in [3.05, 3.63) is 65.9 Å². The Morgan fingerprint density at radius 3 is 2.43 bits per heavy atom. The number of rotatable bonds is 12. The Hall–Kier alpha value is -4.26. The maximum Gasteiger partial charge on any atom is 0.251 e. The van der Waals surface area contributed by atoms with E-state index < -0.39 is 6.04 Å². The summed E-state index contributed by atoms with van der Waals surface area (Å²) in [6, 6.07) is 16.0. The number of nitrogens with zero attached hydrogens (tertiary/aromatic N) is 7. The Bertz CT molecular complexity index is 1670. The van der Waals surface area contributed by atoms with Crippen molar-refractivity contribution in [2.45, 2.75) is 76.5 Å². The van der Waals surface area contributed by atoms with Crippen LogP contribution in [0.2, 0.25) is 0 Å².